The second kappa shape index (κ2) is 7.33. The molecule has 0 aromatic heterocycles. The predicted molar refractivity (Wildman–Crippen MR) is 79.2 cm³/mol. The van der Waals surface area contributed by atoms with Crippen LogP contribution in [0.1, 0.15) is 25.0 Å². The van der Waals surface area contributed by atoms with E-state index in [9.17, 15) is 20.0 Å². The van der Waals surface area contributed by atoms with Crippen molar-refractivity contribution in [3.05, 3.63) is 39.9 Å². The first kappa shape index (κ1) is 16.4. The Hall–Kier alpha value is -1.99. The molecule has 2 atom stereocenters. The number of aliphatic hydroxyl groups is 1. The van der Waals surface area contributed by atoms with Crippen LogP contribution in [0.2, 0.25) is 0 Å². The topological polar surface area (TPSA) is 92.9 Å². The van der Waals surface area contributed by atoms with Crippen LogP contribution in [0.4, 0.5) is 5.69 Å². The Labute approximate surface area is 128 Å². The molecule has 0 radical (unpaired) electrons. The number of nitro groups is 1. The number of aliphatic hydroxyl groups excluding tert-OH is 1. The lowest BCUT2D eigenvalue weighted by Crippen LogP contribution is -2.33. The van der Waals surface area contributed by atoms with E-state index in [1.54, 1.807) is 4.90 Å². The van der Waals surface area contributed by atoms with Gasteiger partial charge in [0.2, 0.25) is 0 Å². The van der Waals surface area contributed by atoms with Crippen molar-refractivity contribution in [3.8, 4) is 0 Å². The van der Waals surface area contributed by atoms with E-state index in [1.165, 1.54) is 24.3 Å². The Bertz CT molecular complexity index is 548. The molecule has 22 heavy (non-hydrogen) atoms. The molecule has 1 fully saturated rings. The largest absolute Gasteiger partial charge is 0.381 e. The zero-order valence-corrected chi connectivity index (χ0v) is 12.5. The summed E-state index contributed by atoms with van der Waals surface area (Å²) in [5.74, 6) is -0.138. The van der Waals surface area contributed by atoms with Crippen molar-refractivity contribution in [2.45, 2.75) is 19.4 Å². The smallest absolute Gasteiger partial charge is 0.269 e. The number of carbonyl (C=O) groups is 1. The van der Waals surface area contributed by atoms with Crippen LogP contribution in [-0.2, 0) is 9.53 Å². The van der Waals surface area contributed by atoms with Crippen LogP contribution < -0.4 is 0 Å². The third-order valence-corrected chi connectivity index (χ3v) is 3.79. The molecule has 1 saturated heterocycles. The van der Waals surface area contributed by atoms with Gasteiger partial charge < -0.3 is 14.7 Å². The lowest BCUT2D eigenvalue weighted by atomic mass is 10.1. The molecule has 0 saturated carbocycles. The monoisotopic (exact) mass is 308 g/mol. The summed E-state index contributed by atoms with van der Waals surface area (Å²) in [6, 6.07) is 5.54. The maximum Gasteiger partial charge on any atom is 0.269 e. The van der Waals surface area contributed by atoms with Crippen LogP contribution in [0.5, 0.6) is 0 Å². The number of nitrogens with zero attached hydrogens (tertiary/aromatic N) is 2. The number of ether oxygens (including phenoxy) is 1. The van der Waals surface area contributed by atoms with Crippen molar-refractivity contribution in [2.75, 3.05) is 26.3 Å². The van der Waals surface area contributed by atoms with Crippen molar-refractivity contribution in [1.29, 1.82) is 0 Å². The summed E-state index contributed by atoms with van der Waals surface area (Å²) in [6.07, 6.45) is -0.529. The molecule has 1 aromatic rings. The molecule has 1 aromatic carbocycles. The number of amides is 1. The fraction of sp³-hybridized carbons (Fsp3) is 0.533. The van der Waals surface area contributed by atoms with Crippen molar-refractivity contribution < 1.29 is 19.6 Å². The molecule has 1 aliphatic heterocycles. The fourth-order valence-corrected chi connectivity index (χ4v) is 2.58. The van der Waals surface area contributed by atoms with Crippen LogP contribution in [0, 0.1) is 16.0 Å². The summed E-state index contributed by atoms with van der Waals surface area (Å²) < 4.78 is 5.36. The molecule has 0 unspecified atom stereocenters. The van der Waals surface area contributed by atoms with Crippen LogP contribution in [0.3, 0.4) is 0 Å². The number of rotatable bonds is 6. The van der Waals surface area contributed by atoms with E-state index >= 15 is 0 Å². The Morgan fingerprint density at radius 1 is 1.59 bits per heavy atom. The predicted octanol–water partition coefficient (Wildman–Crippen LogP) is 1.51. The van der Waals surface area contributed by atoms with E-state index < -0.39 is 16.9 Å². The van der Waals surface area contributed by atoms with Crippen molar-refractivity contribution >= 4 is 11.6 Å². The quantitative estimate of drug-likeness (QED) is 0.635. The second-order valence-electron chi connectivity index (χ2n) is 5.35. The van der Waals surface area contributed by atoms with Gasteiger partial charge in [0.15, 0.2) is 6.10 Å². The lowest BCUT2D eigenvalue weighted by Gasteiger charge is -2.20. The third kappa shape index (κ3) is 3.80. The summed E-state index contributed by atoms with van der Waals surface area (Å²) in [5.41, 5.74) is 0.104. The van der Waals surface area contributed by atoms with E-state index in [0.29, 0.717) is 26.3 Å². The Morgan fingerprint density at radius 2 is 2.36 bits per heavy atom. The van der Waals surface area contributed by atoms with Crippen molar-refractivity contribution in [2.24, 2.45) is 5.92 Å². The molecule has 1 amide bonds. The molecule has 7 heteroatoms. The molecule has 0 bridgehead atoms. The normalized spacial score (nSPS) is 19.2. The van der Waals surface area contributed by atoms with Gasteiger partial charge in [-0.2, -0.15) is 0 Å². The van der Waals surface area contributed by atoms with Gasteiger partial charge in [-0.3, -0.25) is 14.9 Å². The molecule has 0 spiro atoms. The Balaban J connectivity index is 2.00. The van der Waals surface area contributed by atoms with Crippen molar-refractivity contribution in [3.63, 3.8) is 0 Å². The minimum Gasteiger partial charge on any atom is -0.381 e. The molecule has 120 valence electrons. The van der Waals surface area contributed by atoms with Gasteiger partial charge in [-0.05, 0) is 18.9 Å². The number of nitro benzene ring substituents is 1. The van der Waals surface area contributed by atoms with Gasteiger partial charge in [0, 0.05) is 37.7 Å². The highest BCUT2D eigenvalue weighted by molar-refractivity contribution is 5.82. The van der Waals surface area contributed by atoms with Gasteiger partial charge in [-0.25, -0.2) is 0 Å². The van der Waals surface area contributed by atoms with Gasteiger partial charge in [-0.15, -0.1) is 0 Å². The molecular formula is C15H20N2O5. The first-order valence-electron chi connectivity index (χ1n) is 7.32. The highest BCUT2D eigenvalue weighted by Gasteiger charge is 2.31. The van der Waals surface area contributed by atoms with Crippen molar-refractivity contribution in [1.82, 2.24) is 4.90 Å². The first-order valence-corrected chi connectivity index (χ1v) is 7.32. The van der Waals surface area contributed by atoms with Gasteiger partial charge in [0.1, 0.15) is 0 Å². The minimum atomic E-state index is -1.37. The van der Waals surface area contributed by atoms with E-state index in [-0.39, 0.29) is 17.2 Å². The summed E-state index contributed by atoms with van der Waals surface area (Å²) in [6.45, 7) is 4.28. The zero-order valence-electron chi connectivity index (χ0n) is 12.5. The number of likely N-dealkylation sites (tertiary alicyclic amines) is 1. The average molecular weight is 308 g/mol. The number of non-ortho nitro benzene ring substituents is 1. The van der Waals surface area contributed by atoms with Crippen LogP contribution in [0.25, 0.3) is 0 Å². The van der Waals surface area contributed by atoms with E-state index in [4.69, 9.17) is 4.74 Å². The zero-order chi connectivity index (χ0) is 16.1. The summed E-state index contributed by atoms with van der Waals surface area (Å²) in [4.78, 5) is 24.1. The molecule has 0 aliphatic carbocycles. The summed E-state index contributed by atoms with van der Waals surface area (Å²) in [7, 11) is 0. The maximum absolute atomic E-state index is 12.3. The summed E-state index contributed by atoms with van der Waals surface area (Å²) >= 11 is 0. The average Bonchev–Trinajstić information content (AvgIpc) is 3.00. The van der Waals surface area contributed by atoms with E-state index in [0.717, 1.165) is 6.42 Å². The number of carbonyl (C=O) groups excluding carboxylic acids is 1. The third-order valence-electron chi connectivity index (χ3n) is 3.79. The van der Waals surface area contributed by atoms with E-state index in [2.05, 4.69) is 0 Å². The molecule has 2 rings (SSSR count). The molecule has 7 nitrogen and oxygen atoms in total. The van der Waals surface area contributed by atoms with Gasteiger partial charge in [-0.1, -0.05) is 12.1 Å². The molecule has 1 heterocycles. The van der Waals surface area contributed by atoms with Gasteiger partial charge in [0.25, 0.3) is 11.6 Å². The molecule has 1 N–H and O–H groups in total. The molecular weight excluding hydrogens is 288 g/mol. The van der Waals surface area contributed by atoms with Crippen LogP contribution in [0.15, 0.2) is 24.3 Å². The lowest BCUT2D eigenvalue weighted by molar-refractivity contribution is -0.385. The Morgan fingerprint density at radius 3 is 3.05 bits per heavy atom. The van der Waals surface area contributed by atoms with Gasteiger partial charge >= 0.3 is 0 Å². The molecule has 1 aliphatic rings. The van der Waals surface area contributed by atoms with Gasteiger partial charge in [0.05, 0.1) is 11.5 Å². The minimum absolute atomic E-state index is 0.139. The number of hydrogen-bond donors (Lipinski definition) is 1. The number of hydrogen-bond acceptors (Lipinski definition) is 5. The highest BCUT2D eigenvalue weighted by Crippen LogP contribution is 2.24. The Kier molecular flexibility index (Phi) is 5.46. The maximum atomic E-state index is 12.3. The first-order chi connectivity index (χ1) is 10.5. The number of benzene rings is 1. The van der Waals surface area contributed by atoms with Crippen LogP contribution >= 0.6 is 0 Å². The fourth-order valence-electron chi connectivity index (χ4n) is 2.58. The summed E-state index contributed by atoms with van der Waals surface area (Å²) in [5, 5.41) is 20.9. The SMILES string of the molecule is CCOC[C@@H]1CCN(C(=O)[C@@H](O)c2cccc([N+](=O)[O-])c2)C1. The second-order valence-corrected chi connectivity index (χ2v) is 5.35. The van der Waals surface area contributed by atoms with E-state index in [1.807, 2.05) is 6.92 Å². The van der Waals surface area contributed by atoms with Crippen LogP contribution in [-0.4, -0.2) is 47.1 Å². The highest BCUT2D eigenvalue weighted by atomic mass is 16.6. The standard InChI is InChI=1S/C15H20N2O5/c1-2-22-10-11-6-7-16(9-11)15(19)14(18)12-4-3-5-13(8-12)17(20)21/h3-5,8,11,14,18H,2,6-7,9-10H2,1H3/t11-,14+/m1/s1.